The number of thiazole rings is 1. The van der Waals surface area contributed by atoms with Crippen LogP contribution in [0.1, 0.15) is 18.5 Å². The van der Waals surface area contributed by atoms with E-state index in [-0.39, 0.29) is 24.3 Å². The fourth-order valence-corrected chi connectivity index (χ4v) is 3.56. The molecule has 9 heteroatoms. The quantitative estimate of drug-likeness (QED) is 0.771. The molecule has 2 amide bonds. The predicted molar refractivity (Wildman–Crippen MR) is 93.3 cm³/mol. The van der Waals surface area contributed by atoms with Gasteiger partial charge in [-0.3, -0.25) is 14.5 Å². The average Bonchev–Trinajstić information content (AvgIpc) is 3.10. The minimum absolute atomic E-state index is 0.0281. The van der Waals surface area contributed by atoms with E-state index in [1.165, 1.54) is 11.3 Å². The molecule has 0 aliphatic carbocycles. The lowest BCUT2D eigenvalue weighted by atomic mass is 9.96. The summed E-state index contributed by atoms with van der Waals surface area (Å²) in [6, 6.07) is 1.76. The van der Waals surface area contributed by atoms with E-state index in [2.05, 4.69) is 20.3 Å². The van der Waals surface area contributed by atoms with Gasteiger partial charge in [0.05, 0.1) is 18.8 Å². The summed E-state index contributed by atoms with van der Waals surface area (Å²) in [6.45, 7) is 2.08. The number of aromatic nitrogens is 3. The van der Waals surface area contributed by atoms with Crippen molar-refractivity contribution >= 4 is 23.2 Å². The van der Waals surface area contributed by atoms with E-state index < -0.39 is 0 Å². The Balaban J connectivity index is 1.47. The van der Waals surface area contributed by atoms with Crippen LogP contribution in [0.15, 0.2) is 23.8 Å². The summed E-state index contributed by atoms with van der Waals surface area (Å²) in [7, 11) is 0. The van der Waals surface area contributed by atoms with E-state index in [1.54, 1.807) is 18.5 Å². The predicted octanol–water partition coefficient (Wildman–Crippen LogP) is 0.414. The Morgan fingerprint density at radius 3 is 2.68 bits per heavy atom. The number of nitrogens with zero attached hydrogens (tertiary/aromatic N) is 4. The molecule has 25 heavy (non-hydrogen) atoms. The number of nitrogens with two attached hydrogens (primary N) is 1. The highest BCUT2D eigenvalue weighted by molar-refractivity contribution is 7.13. The minimum atomic E-state index is -0.329. The van der Waals surface area contributed by atoms with Crippen LogP contribution in [0.2, 0.25) is 0 Å². The van der Waals surface area contributed by atoms with Gasteiger partial charge in [0.15, 0.2) is 10.8 Å². The molecule has 0 bridgehead atoms. The minimum Gasteiger partial charge on any atom is -0.369 e. The van der Waals surface area contributed by atoms with Crippen LogP contribution in [0, 0.1) is 5.92 Å². The number of nitrogens with one attached hydrogen (secondary N) is 1. The van der Waals surface area contributed by atoms with Crippen molar-refractivity contribution in [3.63, 3.8) is 0 Å². The number of carbonyl (C=O) groups excluding carboxylic acids is 2. The van der Waals surface area contributed by atoms with Crippen molar-refractivity contribution < 1.29 is 9.59 Å². The Hall–Kier alpha value is -2.39. The molecule has 2 aromatic heterocycles. The lowest BCUT2D eigenvalue weighted by Crippen LogP contribution is -2.43. The molecule has 0 saturated carbocycles. The second-order valence-corrected chi connectivity index (χ2v) is 6.81. The molecule has 0 aromatic carbocycles. The van der Waals surface area contributed by atoms with Crippen LogP contribution < -0.4 is 11.1 Å². The first-order chi connectivity index (χ1) is 12.1. The molecule has 0 radical (unpaired) electrons. The Labute approximate surface area is 149 Å². The van der Waals surface area contributed by atoms with Crippen molar-refractivity contribution in [1.82, 2.24) is 25.2 Å². The van der Waals surface area contributed by atoms with E-state index >= 15 is 0 Å². The number of piperidine rings is 1. The van der Waals surface area contributed by atoms with E-state index in [9.17, 15) is 9.59 Å². The van der Waals surface area contributed by atoms with Gasteiger partial charge in [0.25, 0.3) is 0 Å². The van der Waals surface area contributed by atoms with Gasteiger partial charge in [-0.15, -0.1) is 11.3 Å². The Bertz CT molecular complexity index is 727. The average molecular weight is 360 g/mol. The van der Waals surface area contributed by atoms with Crippen LogP contribution in [0.5, 0.6) is 0 Å². The van der Waals surface area contributed by atoms with E-state index in [4.69, 9.17) is 5.73 Å². The third-order valence-electron chi connectivity index (χ3n) is 4.09. The number of likely N-dealkylation sites (tertiary alicyclic amines) is 1. The van der Waals surface area contributed by atoms with Crippen LogP contribution in [0.3, 0.4) is 0 Å². The second kappa shape index (κ2) is 8.13. The fraction of sp³-hybridized carbons (Fsp3) is 0.438. The number of primary amides is 1. The van der Waals surface area contributed by atoms with Gasteiger partial charge in [-0.1, -0.05) is 0 Å². The normalized spacial score (nSPS) is 15.8. The molecule has 0 unspecified atom stereocenters. The maximum atomic E-state index is 12.3. The van der Waals surface area contributed by atoms with Gasteiger partial charge in [0.2, 0.25) is 11.8 Å². The third-order valence-corrected chi connectivity index (χ3v) is 4.98. The molecule has 132 valence electrons. The van der Waals surface area contributed by atoms with Crippen molar-refractivity contribution in [2.45, 2.75) is 19.4 Å². The fourth-order valence-electron chi connectivity index (χ4n) is 2.80. The van der Waals surface area contributed by atoms with Crippen LogP contribution in [0.25, 0.3) is 10.8 Å². The third kappa shape index (κ3) is 4.80. The van der Waals surface area contributed by atoms with E-state index in [0.29, 0.717) is 25.5 Å². The van der Waals surface area contributed by atoms with Crippen molar-refractivity contribution in [2.75, 3.05) is 19.6 Å². The molecule has 1 aliphatic rings. The van der Waals surface area contributed by atoms with Crippen molar-refractivity contribution in [1.29, 1.82) is 0 Å². The standard InChI is InChI=1S/C16H20N6O2S/c17-13(23)9-22-6-2-11(3-7-22)15(24)20-8-12-10-25-16(21-12)14-18-4-1-5-19-14/h1,4-5,10-11H,2-3,6-9H2,(H2,17,23)(H,20,24). The molecule has 1 aliphatic heterocycles. The highest BCUT2D eigenvalue weighted by Crippen LogP contribution is 2.20. The van der Waals surface area contributed by atoms with Gasteiger partial charge >= 0.3 is 0 Å². The Kier molecular flexibility index (Phi) is 5.67. The number of rotatable bonds is 6. The summed E-state index contributed by atoms with van der Waals surface area (Å²) < 4.78 is 0. The van der Waals surface area contributed by atoms with Crippen molar-refractivity contribution in [2.24, 2.45) is 11.7 Å². The van der Waals surface area contributed by atoms with Crippen LogP contribution in [-0.4, -0.2) is 51.3 Å². The molecule has 3 heterocycles. The zero-order chi connectivity index (χ0) is 17.6. The smallest absolute Gasteiger partial charge is 0.231 e. The molecular weight excluding hydrogens is 340 g/mol. The maximum absolute atomic E-state index is 12.3. The first-order valence-electron chi connectivity index (χ1n) is 8.12. The van der Waals surface area contributed by atoms with Gasteiger partial charge < -0.3 is 11.1 Å². The zero-order valence-electron chi connectivity index (χ0n) is 13.7. The van der Waals surface area contributed by atoms with Crippen LogP contribution in [-0.2, 0) is 16.1 Å². The second-order valence-electron chi connectivity index (χ2n) is 5.95. The summed E-state index contributed by atoms with van der Waals surface area (Å²) in [5, 5.41) is 5.59. The largest absolute Gasteiger partial charge is 0.369 e. The molecule has 1 saturated heterocycles. The summed E-state index contributed by atoms with van der Waals surface area (Å²) >= 11 is 1.46. The summed E-state index contributed by atoms with van der Waals surface area (Å²) in [5.41, 5.74) is 6.00. The molecule has 0 spiro atoms. The molecule has 0 atom stereocenters. The molecular formula is C16H20N6O2S. The van der Waals surface area contributed by atoms with E-state index in [0.717, 1.165) is 23.5 Å². The first-order valence-corrected chi connectivity index (χ1v) is 9.00. The SMILES string of the molecule is NC(=O)CN1CCC(C(=O)NCc2csc(-c3ncccn3)n2)CC1. The van der Waals surface area contributed by atoms with E-state index in [1.807, 2.05) is 10.3 Å². The van der Waals surface area contributed by atoms with Crippen molar-refractivity contribution in [3.05, 3.63) is 29.5 Å². The summed E-state index contributed by atoms with van der Waals surface area (Å²) in [4.78, 5) is 38.0. The van der Waals surface area contributed by atoms with Crippen molar-refractivity contribution in [3.8, 4) is 10.8 Å². The molecule has 8 nitrogen and oxygen atoms in total. The van der Waals surface area contributed by atoms with Gasteiger partial charge in [-0.2, -0.15) is 0 Å². The van der Waals surface area contributed by atoms with Gasteiger partial charge in [-0.05, 0) is 32.0 Å². The maximum Gasteiger partial charge on any atom is 0.231 e. The van der Waals surface area contributed by atoms with Crippen LogP contribution >= 0.6 is 11.3 Å². The highest BCUT2D eigenvalue weighted by atomic mass is 32.1. The first kappa shape index (κ1) is 17.4. The summed E-state index contributed by atoms with van der Waals surface area (Å²) in [6.07, 6.45) is 4.82. The molecule has 2 aromatic rings. The molecule has 3 rings (SSSR count). The zero-order valence-corrected chi connectivity index (χ0v) is 14.5. The number of hydrogen-bond donors (Lipinski definition) is 2. The number of hydrogen-bond acceptors (Lipinski definition) is 7. The Morgan fingerprint density at radius 2 is 2.00 bits per heavy atom. The number of carbonyl (C=O) groups is 2. The topological polar surface area (TPSA) is 114 Å². The molecule has 1 fully saturated rings. The number of amides is 2. The Morgan fingerprint density at radius 1 is 1.28 bits per heavy atom. The highest BCUT2D eigenvalue weighted by Gasteiger charge is 2.25. The molecule has 3 N–H and O–H groups in total. The lowest BCUT2D eigenvalue weighted by molar-refractivity contribution is -0.126. The lowest BCUT2D eigenvalue weighted by Gasteiger charge is -2.30. The van der Waals surface area contributed by atoms with Gasteiger partial charge in [-0.25, -0.2) is 15.0 Å². The van der Waals surface area contributed by atoms with Gasteiger partial charge in [0.1, 0.15) is 0 Å². The van der Waals surface area contributed by atoms with Gasteiger partial charge in [0, 0.05) is 23.7 Å². The monoisotopic (exact) mass is 360 g/mol. The van der Waals surface area contributed by atoms with Crippen LogP contribution in [0.4, 0.5) is 0 Å². The summed E-state index contributed by atoms with van der Waals surface area (Å²) in [5.74, 6) is 0.264.